The smallest absolute Gasteiger partial charge is 0.0278 e. The quantitative estimate of drug-likeness (QED) is 0.505. The monoisotopic (exact) mass is 119 g/mol. The van der Waals surface area contributed by atoms with Crippen LogP contribution in [0.4, 0.5) is 0 Å². The van der Waals surface area contributed by atoms with Crippen LogP contribution in [0, 0.1) is 5.92 Å². The van der Waals surface area contributed by atoms with Crippen molar-refractivity contribution in [1.29, 1.82) is 0 Å². The van der Waals surface area contributed by atoms with E-state index in [1.165, 1.54) is 0 Å². The van der Waals surface area contributed by atoms with Gasteiger partial charge in [0.2, 0.25) is 0 Å². The number of nitrogens with one attached hydrogen (secondary N) is 1. The van der Waals surface area contributed by atoms with Crippen LogP contribution in [0.1, 0.15) is 6.92 Å². The second kappa shape index (κ2) is 2.01. The lowest BCUT2D eigenvalue weighted by atomic mass is 9.96. The van der Waals surface area contributed by atoms with E-state index in [0.717, 1.165) is 18.3 Å². The van der Waals surface area contributed by atoms with E-state index < -0.39 is 0 Å². The molecule has 1 fully saturated rings. The fourth-order valence-corrected chi connectivity index (χ4v) is 1.08. The normalized spacial score (nSPS) is 40.3. The average molecular weight is 120 g/mol. The van der Waals surface area contributed by atoms with E-state index in [9.17, 15) is 0 Å². The summed E-state index contributed by atoms with van der Waals surface area (Å²) in [5.41, 5.74) is 0. The molecule has 42 valence electrons. The SMILES string of the molecule is CC1NCC1CCl. The van der Waals surface area contributed by atoms with Gasteiger partial charge in [0.15, 0.2) is 0 Å². The molecule has 0 radical (unpaired) electrons. The van der Waals surface area contributed by atoms with Gasteiger partial charge in [0.1, 0.15) is 0 Å². The third-order valence-electron chi connectivity index (χ3n) is 1.61. The molecule has 0 aromatic heterocycles. The van der Waals surface area contributed by atoms with E-state index >= 15 is 0 Å². The molecule has 2 unspecified atom stereocenters. The molecule has 0 aromatic rings. The molecule has 1 N–H and O–H groups in total. The summed E-state index contributed by atoms with van der Waals surface area (Å²) < 4.78 is 0. The maximum atomic E-state index is 5.56. The fraction of sp³-hybridized carbons (Fsp3) is 1.00. The molecule has 0 spiro atoms. The van der Waals surface area contributed by atoms with Crippen LogP contribution in [0.15, 0.2) is 0 Å². The van der Waals surface area contributed by atoms with Crippen LogP contribution in [0.2, 0.25) is 0 Å². The van der Waals surface area contributed by atoms with E-state index in [0.29, 0.717) is 6.04 Å². The van der Waals surface area contributed by atoms with Crippen molar-refractivity contribution in [3.63, 3.8) is 0 Å². The maximum Gasteiger partial charge on any atom is 0.0278 e. The Balaban J connectivity index is 2.16. The van der Waals surface area contributed by atoms with Crippen molar-refractivity contribution in [3.8, 4) is 0 Å². The maximum absolute atomic E-state index is 5.56. The van der Waals surface area contributed by atoms with Gasteiger partial charge in [0.05, 0.1) is 0 Å². The molecule has 0 aliphatic carbocycles. The lowest BCUT2D eigenvalue weighted by Gasteiger charge is -2.33. The second-order valence-electron chi connectivity index (χ2n) is 2.11. The Kier molecular flexibility index (Phi) is 1.55. The third kappa shape index (κ3) is 0.892. The van der Waals surface area contributed by atoms with Crippen LogP contribution < -0.4 is 5.32 Å². The van der Waals surface area contributed by atoms with Gasteiger partial charge in [-0.3, -0.25) is 0 Å². The predicted molar refractivity (Wildman–Crippen MR) is 31.7 cm³/mol. The first-order valence-electron chi connectivity index (χ1n) is 2.64. The summed E-state index contributed by atoms with van der Waals surface area (Å²) in [4.78, 5) is 0. The number of halogens is 1. The van der Waals surface area contributed by atoms with Gasteiger partial charge < -0.3 is 5.32 Å². The highest BCUT2D eigenvalue weighted by molar-refractivity contribution is 6.18. The number of rotatable bonds is 1. The molecule has 1 nitrogen and oxygen atoms in total. The molecule has 2 atom stereocenters. The fourth-order valence-electron chi connectivity index (χ4n) is 0.708. The van der Waals surface area contributed by atoms with Crippen molar-refractivity contribution in [2.45, 2.75) is 13.0 Å². The minimum absolute atomic E-state index is 0.664. The van der Waals surface area contributed by atoms with E-state index in [1.54, 1.807) is 0 Å². The van der Waals surface area contributed by atoms with Gasteiger partial charge in [0, 0.05) is 18.5 Å². The van der Waals surface area contributed by atoms with Crippen molar-refractivity contribution in [3.05, 3.63) is 0 Å². The summed E-state index contributed by atoms with van der Waals surface area (Å²) in [5, 5.41) is 3.22. The van der Waals surface area contributed by atoms with Gasteiger partial charge in [-0.1, -0.05) is 0 Å². The van der Waals surface area contributed by atoms with E-state index in [-0.39, 0.29) is 0 Å². The molecule has 1 rings (SSSR count). The summed E-state index contributed by atoms with van der Waals surface area (Å²) in [7, 11) is 0. The first kappa shape index (κ1) is 5.39. The zero-order valence-electron chi connectivity index (χ0n) is 4.45. The zero-order chi connectivity index (χ0) is 5.28. The number of alkyl halides is 1. The minimum atomic E-state index is 0.664. The average Bonchev–Trinajstić information content (AvgIpc) is 1.65. The topological polar surface area (TPSA) is 12.0 Å². The number of hydrogen-bond acceptors (Lipinski definition) is 1. The first-order chi connectivity index (χ1) is 3.34. The molecule has 0 amide bonds. The van der Waals surface area contributed by atoms with E-state index in [1.807, 2.05) is 0 Å². The van der Waals surface area contributed by atoms with Crippen LogP contribution >= 0.6 is 11.6 Å². The highest BCUT2D eigenvalue weighted by atomic mass is 35.5. The van der Waals surface area contributed by atoms with Gasteiger partial charge >= 0.3 is 0 Å². The largest absolute Gasteiger partial charge is 0.314 e. The molecule has 1 aliphatic heterocycles. The molecule has 2 heteroatoms. The lowest BCUT2D eigenvalue weighted by molar-refractivity contribution is 0.278. The highest BCUT2D eigenvalue weighted by Gasteiger charge is 2.23. The first-order valence-corrected chi connectivity index (χ1v) is 3.17. The molecular weight excluding hydrogens is 110 g/mol. The Labute approximate surface area is 49.0 Å². The van der Waals surface area contributed by atoms with Gasteiger partial charge in [-0.25, -0.2) is 0 Å². The highest BCUT2D eigenvalue weighted by Crippen LogP contribution is 2.12. The summed E-state index contributed by atoms with van der Waals surface area (Å²) in [6.45, 7) is 3.28. The standard InChI is InChI=1S/C5H10ClN/c1-4-5(2-6)3-7-4/h4-5,7H,2-3H2,1H3. The van der Waals surface area contributed by atoms with Gasteiger partial charge in [-0.15, -0.1) is 11.6 Å². The van der Waals surface area contributed by atoms with Crippen molar-refractivity contribution in [2.24, 2.45) is 5.92 Å². The molecule has 1 aliphatic rings. The molecule has 1 saturated heterocycles. The Morgan fingerprint density at radius 3 is 2.57 bits per heavy atom. The lowest BCUT2D eigenvalue weighted by Crippen LogP contribution is -2.51. The van der Waals surface area contributed by atoms with Crippen molar-refractivity contribution in [1.82, 2.24) is 5.32 Å². The molecule has 7 heavy (non-hydrogen) atoms. The molecule has 0 saturated carbocycles. The van der Waals surface area contributed by atoms with Gasteiger partial charge in [-0.2, -0.15) is 0 Å². The van der Waals surface area contributed by atoms with Crippen molar-refractivity contribution in [2.75, 3.05) is 12.4 Å². The van der Waals surface area contributed by atoms with E-state index in [4.69, 9.17) is 11.6 Å². The Morgan fingerprint density at radius 1 is 1.86 bits per heavy atom. The second-order valence-corrected chi connectivity index (χ2v) is 2.42. The van der Waals surface area contributed by atoms with Crippen LogP contribution in [0.3, 0.4) is 0 Å². The summed E-state index contributed by atoms with van der Waals surface area (Å²) >= 11 is 5.56. The summed E-state index contributed by atoms with van der Waals surface area (Å²) in [6.07, 6.45) is 0. The minimum Gasteiger partial charge on any atom is -0.314 e. The van der Waals surface area contributed by atoms with Crippen LogP contribution in [0.25, 0.3) is 0 Å². The summed E-state index contributed by atoms with van der Waals surface area (Å²) in [6, 6.07) is 0.664. The van der Waals surface area contributed by atoms with Crippen molar-refractivity contribution < 1.29 is 0 Å². The van der Waals surface area contributed by atoms with Crippen molar-refractivity contribution >= 4 is 11.6 Å². The van der Waals surface area contributed by atoms with E-state index in [2.05, 4.69) is 12.2 Å². The zero-order valence-corrected chi connectivity index (χ0v) is 5.20. The number of hydrogen-bond donors (Lipinski definition) is 1. The molecule has 1 heterocycles. The van der Waals surface area contributed by atoms with Gasteiger partial charge in [-0.05, 0) is 12.8 Å². The molecule has 0 bridgehead atoms. The third-order valence-corrected chi connectivity index (χ3v) is 2.00. The van der Waals surface area contributed by atoms with Crippen LogP contribution in [-0.2, 0) is 0 Å². The van der Waals surface area contributed by atoms with Crippen LogP contribution in [-0.4, -0.2) is 18.5 Å². The van der Waals surface area contributed by atoms with Gasteiger partial charge in [0.25, 0.3) is 0 Å². The predicted octanol–water partition coefficient (Wildman–Crippen LogP) is 0.833. The Morgan fingerprint density at radius 2 is 2.57 bits per heavy atom. The van der Waals surface area contributed by atoms with Crippen LogP contribution in [0.5, 0.6) is 0 Å². The molecule has 0 aromatic carbocycles. The Bertz CT molecular complexity index is 63.1. The Hall–Kier alpha value is 0.250. The molecular formula is C5H10ClN. The summed E-state index contributed by atoms with van der Waals surface area (Å²) in [5.74, 6) is 1.55.